The van der Waals surface area contributed by atoms with Gasteiger partial charge in [-0.25, -0.2) is 8.42 Å². The van der Waals surface area contributed by atoms with Gasteiger partial charge in [-0.1, -0.05) is 30.3 Å². The molecule has 0 heterocycles. The van der Waals surface area contributed by atoms with Crippen LogP contribution in [0.5, 0.6) is 11.5 Å². The lowest BCUT2D eigenvalue weighted by molar-refractivity contribution is -0.119. The van der Waals surface area contributed by atoms with Gasteiger partial charge in [-0.05, 0) is 73.9 Å². The number of rotatable bonds is 12. The summed E-state index contributed by atoms with van der Waals surface area (Å²) in [4.78, 5) is 12.8. The minimum Gasteiger partial charge on any atom is -0.497 e. The molecule has 0 aliphatic heterocycles. The van der Waals surface area contributed by atoms with Gasteiger partial charge in [0.1, 0.15) is 18.0 Å². The Kier molecular flexibility index (Phi) is 8.93. The Hall–Kier alpha value is -3.52. The quantitative estimate of drug-likeness (QED) is 0.394. The highest BCUT2D eigenvalue weighted by molar-refractivity contribution is 7.92. The zero-order chi connectivity index (χ0) is 24.4. The number of sulfonamides is 1. The van der Waals surface area contributed by atoms with Crippen LogP contribution in [0.25, 0.3) is 0 Å². The first-order chi connectivity index (χ1) is 16.4. The van der Waals surface area contributed by atoms with Crippen molar-refractivity contribution in [2.45, 2.75) is 24.7 Å². The topological polar surface area (TPSA) is 84.9 Å². The molecule has 7 nitrogen and oxygen atoms in total. The van der Waals surface area contributed by atoms with Crippen LogP contribution in [-0.2, 0) is 21.2 Å². The average molecular weight is 483 g/mol. The fraction of sp³-hybridized carbons (Fsp3) is 0.269. The number of methoxy groups -OCH3 is 1. The zero-order valence-electron chi connectivity index (χ0n) is 19.4. The Morgan fingerprint density at radius 1 is 0.912 bits per heavy atom. The number of hydrogen-bond acceptors (Lipinski definition) is 5. The van der Waals surface area contributed by atoms with Crippen LogP contribution in [0, 0.1) is 0 Å². The number of carbonyl (C=O) groups excluding carboxylic acids is 1. The molecule has 3 aromatic carbocycles. The molecular weight excluding hydrogens is 452 g/mol. The van der Waals surface area contributed by atoms with Gasteiger partial charge in [0.05, 0.1) is 24.3 Å². The fourth-order valence-corrected chi connectivity index (χ4v) is 4.85. The van der Waals surface area contributed by atoms with E-state index in [1.807, 2.05) is 31.2 Å². The number of nitrogens with zero attached hydrogens (tertiary/aromatic N) is 1. The van der Waals surface area contributed by atoms with Crippen molar-refractivity contribution in [1.82, 2.24) is 5.32 Å². The molecule has 1 N–H and O–H groups in total. The van der Waals surface area contributed by atoms with E-state index in [2.05, 4.69) is 5.32 Å². The zero-order valence-corrected chi connectivity index (χ0v) is 20.3. The molecule has 0 aliphatic carbocycles. The second kappa shape index (κ2) is 12.1. The molecule has 0 spiro atoms. The van der Waals surface area contributed by atoms with Crippen LogP contribution < -0.4 is 19.1 Å². The van der Waals surface area contributed by atoms with Gasteiger partial charge < -0.3 is 14.8 Å². The van der Waals surface area contributed by atoms with Crippen LogP contribution in [0.3, 0.4) is 0 Å². The van der Waals surface area contributed by atoms with Gasteiger partial charge in [0.15, 0.2) is 0 Å². The number of nitrogens with one attached hydrogen (secondary N) is 1. The third kappa shape index (κ3) is 6.74. The molecule has 0 atom stereocenters. The van der Waals surface area contributed by atoms with Crippen molar-refractivity contribution in [1.29, 1.82) is 0 Å². The van der Waals surface area contributed by atoms with Gasteiger partial charge in [-0.3, -0.25) is 9.10 Å². The Morgan fingerprint density at radius 2 is 1.56 bits per heavy atom. The van der Waals surface area contributed by atoms with Gasteiger partial charge >= 0.3 is 0 Å². The molecule has 0 bridgehead atoms. The molecule has 180 valence electrons. The summed E-state index contributed by atoms with van der Waals surface area (Å²) >= 11 is 0. The lowest BCUT2D eigenvalue weighted by atomic mass is 10.1. The predicted molar refractivity (Wildman–Crippen MR) is 133 cm³/mol. The average Bonchev–Trinajstić information content (AvgIpc) is 2.87. The Balaban J connectivity index is 1.67. The van der Waals surface area contributed by atoms with E-state index >= 15 is 0 Å². The molecule has 0 radical (unpaired) electrons. The molecule has 0 fully saturated rings. The molecule has 8 heteroatoms. The van der Waals surface area contributed by atoms with E-state index in [9.17, 15) is 13.2 Å². The van der Waals surface area contributed by atoms with Gasteiger partial charge in [0.25, 0.3) is 10.0 Å². The monoisotopic (exact) mass is 482 g/mol. The first-order valence-electron chi connectivity index (χ1n) is 11.1. The first kappa shape index (κ1) is 25.1. The maximum Gasteiger partial charge on any atom is 0.264 e. The van der Waals surface area contributed by atoms with Crippen molar-refractivity contribution in [2.24, 2.45) is 0 Å². The van der Waals surface area contributed by atoms with Crippen molar-refractivity contribution >= 4 is 21.6 Å². The second-order valence-electron chi connectivity index (χ2n) is 7.55. The van der Waals surface area contributed by atoms with Crippen LogP contribution in [0.15, 0.2) is 83.8 Å². The summed E-state index contributed by atoms with van der Waals surface area (Å²) in [5.74, 6) is 1.06. The largest absolute Gasteiger partial charge is 0.497 e. The second-order valence-corrected chi connectivity index (χ2v) is 9.42. The first-order valence-corrected chi connectivity index (χ1v) is 12.6. The lowest BCUT2D eigenvalue weighted by Gasteiger charge is -2.24. The smallest absolute Gasteiger partial charge is 0.264 e. The number of benzene rings is 3. The molecule has 0 aromatic heterocycles. The van der Waals surface area contributed by atoms with Gasteiger partial charge in [0.2, 0.25) is 5.91 Å². The summed E-state index contributed by atoms with van der Waals surface area (Å²) in [6, 6.07) is 22.5. The number of anilines is 1. The number of hydrogen-bond donors (Lipinski definition) is 1. The van der Waals surface area contributed by atoms with E-state index in [4.69, 9.17) is 9.47 Å². The highest BCUT2D eigenvalue weighted by Crippen LogP contribution is 2.25. The molecule has 0 saturated heterocycles. The minimum atomic E-state index is -3.93. The summed E-state index contributed by atoms with van der Waals surface area (Å²) in [7, 11) is -2.31. The maximum atomic E-state index is 13.4. The SMILES string of the molecule is CCOc1ccc(N(CC(=O)NCCCc2ccc(OC)cc2)S(=O)(=O)c2ccccc2)cc1. The van der Waals surface area contributed by atoms with Crippen molar-refractivity contribution in [3.05, 3.63) is 84.4 Å². The highest BCUT2D eigenvalue weighted by Gasteiger charge is 2.27. The molecule has 1 amide bonds. The Bertz CT molecular complexity index is 1150. The van der Waals surface area contributed by atoms with Crippen LogP contribution in [0.2, 0.25) is 0 Å². The molecule has 3 rings (SSSR count). The van der Waals surface area contributed by atoms with Crippen molar-refractivity contribution in [2.75, 3.05) is 31.1 Å². The molecule has 0 unspecified atom stereocenters. The molecule has 3 aromatic rings. The van der Waals surface area contributed by atoms with E-state index in [1.165, 1.54) is 12.1 Å². The summed E-state index contributed by atoms with van der Waals surface area (Å²) < 4.78 is 38.4. The van der Waals surface area contributed by atoms with E-state index in [0.717, 1.165) is 28.5 Å². The normalized spacial score (nSPS) is 11.0. The van der Waals surface area contributed by atoms with Crippen LogP contribution in [0.4, 0.5) is 5.69 Å². The third-order valence-corrected chi connectivity index (χ3v) is 6.97. The number of carbonyl (C=O) groups is 1. The lowest BCUT2D eigenvalue weighted by Crippen LogP contribution is -2.41. The summed E-state index contributed by atoms with van der Waals surface area (Å²) in [5, 5.41) is 2.84. The standard InChI is InChI=1S/C26H30N2O5S/c1-3-33-24-17-13-22(14-18-24)28(34(30,31)25-9-5-4-6-10-25)20-26(29)27-19-7-8-21-11-15-23(32-2)16-12-21/h4-6,9-18H,3,7-8,19-20H2,1-2H3,(H,27,29). The maximum absolute atomic E-state index is 13.4. The molecule has 0 saturated carbocycles. The summed E-state index contributed by atoms with van der Waals surface area (Å²) in [6.07, 6.45) is 1.52. The van der Waals surface area contributed by atoms with Crippen molar-refractivity contribution < 1.29 is 22.7 Å². The molecular formula is C26H30N2O5S. The molecule has 34 heavy (non-hydrogen) atoms. The van der Waals surface area contributed by atoms with E-state index in [0.29, 0.717) is 24.6 Å². The van der Waals surface area contributed by atoms with Crippen LogP contribution in [0.1, 0.15) is 18.9 Å². The Labute approximate surface area is 201 Å². The van der Waals surface area contributed by atoms with Crippen molar-refractivity contribution in [3.8, 4) is 11.5 Å². The van der Waals surface area contributed by atoms with Gasteiger partial charge in [-0.2, -0.15) is 0 Å². The Morgan fingerprint density at radius 3 is 2.18 bits per heavy atom. The van der Waals surface area contributed by atoms with E-state index < -0.39 is 10.0 Å². The third-order valence-electron chi connectivity index (χ3n) is 5.18. The van der Waals surface area contributed by atoms with Crippen LogP contribution in [-0.4, -0.2) is 41.1 Å². The van der Waals surface area contributed by atoms with E-state index in [-0.39, 0.29) is 17.3 Å². The number of amides is 1. The van der Waals surface area contributed by atoms with Crippen LogP contribution >= 0.6 is 0 Å². The van der Waals surface area contributed by atoms with Gasteiger partial charge in [-0.15, -0.1) is 0 Å². The number of ether oxygens (including phenoxy) is 2. The molecule has 0 aliphatic rings. The number of aryl methyl sites for hydroxylation is 1. The van der Waals surface area contributed by atoms with Crippen molar-refractivity contribution in [3.63, 3.8) is 0 Å². The fourth-order valence-electron chi connectivity index (χ4n) is 3.41. The van der Waals surface area contributed by atoms with E-state index in [1.54, 1.807) is 49.6 Å². The summed E-state index contributed by atoms with van der Waals surface area (Å²) in [5.41, 5.74) is 1.53. The minimum absolute atomic E-state index is 0.121. The van der Waals surface area contributed by atoms with Gasteiger partial charge in [0, 0.05) is 6.54 Å². The summed E-state index contributed by atoms with van der Waals surface area (Å²) in [6.45, 7) is 2.49. The predicted octanol–water partition coefficient (Wildman–Crippen LogP) is 4.04. The highest BCUT2D eigenvalue weighted by atomic mass is 32.2.